The second-order valence-electron chi connectivity index (χ2n) is 4.49. The number of benzene rings is 1. The summed E-state index contributed by atoms with van der Waals surface area (Å²) in [4.78, 5) is 23.7. The molecule has 0 aliphatic heterocycles. The molecule has 0 spiro atoms. The van der Waals surface area contributed by atoms with Crippen molar-refractivity contribution in [3.8, 4) is 5.75 Å². The van der Waals surface area contributed by atoms with Gasteiger partial charge in [-0.2, -0.15) is 0 Å². The molecule has 110 valence electrons. The zero-order valence-corrected chi connectivity index (χ0v) is 12.0. The Morgan fingerprint density at radius 1 is 1.24 bits per heavy atom. The van der Waals surface area contributed by atoms with Crippen LogP contribution >= 0.6 is 0 Å². The number of nitrogens with zero attached hydrogens (tertiary/aromatic N) is 1. The number of hydrogen-bond donors (Lipinski definition) is 0. The first kappa shape index (κ1) is 14.8. The van der Waals surface area contributed by atoms with Crippen LogP contribution in [-0.4, -0.2) is 17.3 Å². The van der Waals surface area contributed by atoms with Crippen molar-refractivity contribution in [1.29, 1.82) is 0 Å². The van der Waals surface area contributed by atoms with Crippen molar-refractivity contribution in [2.24, 2.45) is 0 Å². The van der Waals surface area contributed by atoms with Crippen molar-refractivity contribution in [1.82, 2.24) is 4.57 Å². The van der Waals surface area contributed by atoms with Gasteiger partial charge in [0.2, 0.25) is 5.43 Å². The molecule has 0 aliphatic rings. The largest absolute Gasteiger partial charge is 0.483 e. The van der Waals surface area contributed by atoms with Gasteiger partial charge < -0.3 is 9.47 Å². The van der Waals surface area contributed by atoms with Crippen LogP contribution in [0.1, 0.15) is 18.2 Å². The number of carbonyl (C=O) groups excluding carboxylic acids is 1. The van der Waals surface area contributed by atoms with Crippen LogP contribution in [0.3, 0.4) is 0 Å². The fourth-order valence-electron chi connectivity index (χ4n) is 1.85. The molecule has 21 heavy (non-hydrogen) atoms. The quantitative estimate of drug-likeness (QED) is 0.867. The smallest absolute Gasteiger partial charge is 0.418 e. The molecule has 1 aromatic heterocycles. The summed E-state index contributed by atoms with van der Waals surface area (Å²) in [6.07, 6.45) is 0.845. The van der Waals surface area contributed by atoms with Crippen molar-refractivity contribution in [2.75, 3.05) is 6.61 Å². The number of pyridine rings is 1. The number of hydrogen-bond acceptors (Lipinski definition) is 4. The van der Waals surface area contributed by atoms with Crippen LogP contribution in [0, 0.1) is 6.92 Å². The van der Waals surface area contributed by atoms with Gasteiger partial charge in [-0.1, -0.05) is 30.3 Å². The van der Waals surface area contributed by atoms with Crippen LogP contribution < -0.4 is 10.2 Å². The Morgan fingerprint density at radius 3 is 2.62 bits per heavy atom. The zero-order chi connectivity index (χ0) is 15.2. The number of aryl methyl sites for hydroxylation is 1. The summed E-state index contributed by atoms with van der Waals surface area (Å²) < 4.78 is 11.7. The van der Waals surface area contributed by atoms with E-state index in [9.17, 15) is 9.59 Å². The average molecular weight is 287 g/mol. The van der Waals surface area contributed by atoms with Crippen LogP contribution in [0.25, 0.3) is 0 Å². The van der Waals surface area contributed by atoms with Gasteiger partial charge in [0, 0.05) is 11.8 Å². The summed E-state index contributed by atoms with van der Waals surface area (Å²) in [6.45, 7) is 3.93. The van der Waals surface area contributed by atoms with Crippen LogP contribution in [0.5, 0.6) is 5.75 Å². The lowest BCUT2D eigenvalue weighted by Gasteiger charge is -2.11. The van der Waals surface area contributed by atoms with Crippen LogP contribution in [0.2, 0.25) is 0 Å². The Labute approximate surface area is 122 Å². The van der Waals surface area contributed by atoms with Crippen molar-refractivity contribution >= 4 is 6.09 Å². The molecule has 0 radical (unpaired) electrons. The zero-order valence-electron chi connectivity index (χ0n) is 12.0. The van der Waals surface area contributed by atoms with E-state index in [1.165, 1.54) is 16.8 Å². The first-order chi connectivity index (χ1) is 10.1. The van der Waals surface area contributed by atoms with Crippen LogP contribution in [-0.2, 0) is 11.3 Å². The highest BCUT2D eigenvalue weighted by atomic mass is 16.5. The molecular weight excluding hydrogens is 270 g/mol. The van der Waals surface area contributed by atoms with E-state index in [2.05, 4.69) is 0 Å². The maximum absolute atomic E-state index is 11.9. The second-order valence-corrected chi connectivity index (χ2v) is 4.49. The third kappa shape index (κ3) is 3.72. The molecule has 5 nitrogen and oxygen atoms in total. The summed E-state index contributed by atoms with van der Waals surface area (Å²) >= 11 is 0. The van der Waals surface area contributed by atoms with E-state index in [1.807, 2.05) is 30.3 Å². The van der Waals surface area contributed by atoms with Gasteiger partial charge in [-0.15, -0.1) is 0 Å². The monoisotopic (exact) mass is 287 g/mol. The molecule has 0 bridgehead atoms. The average Bonchev–Trinajstić information content (AvgIpc) is 2.47. The normalized spacial score (nSPS) is 10.2. The van der Waals surface area contributed by atoms with Gasteiger partial charge >= 0.3 is 6.09 Å². The van der Waals surface area contributed by atoms with Crippen LogP contribution in [0.15, 0.2) is 47.4 Å². The first-order valence-corrected chi connectivity index (χ1v) is 6.69. The van der Waals surface area contributed by atoms with Gasteiger partial charge in [0.05, 0.1) is 12.8 Å². The molecule has 1 heterocycles. The van der Waals surface area contributed by atoms with Gasteiger partial charge in [-0.25, -0.2) is 4.79 Å². The minimum absolute atomic E-state index is 0.123. The Hall–Kier alpha value is -2.56. The van der Waals surface area contributed by atoms with Gasteiger partial charge in [0.15, 0.2) is 5.75 Å². The Morgan fingerprint density at radius 2 is 1.95 bits per heavy atom. The summed E-state index contributed by atoms with van der Waals surface area (Å²) in [5.74, 6) is 0.123. The van der Waals surface area contributed by atoms with E-state index in [0.717, 1.165) is 5.56 Å². The standard InChI is InChI=1S/C16H17NO4/c1-3-20-16(19)17-10-15(14(18)9-12(17)2)21-11-13-7-5-4-6-8-13/h4-10H,3,11H2,1-2H3. The highest BCUT2D eigenvalue weighted by Crippen LogP contribution is 2.10. The molecule has 0 unspecified atom stereocenters. The molecule has 5 heteroatoms. The lowest BCUT2D eigenvalue weighted by molar-refractivity contribution is 0.152. The van der Waals surface area contributed by atoms with Crippen molar-refractivity contribution < 1.29 is 14.3 Å². The number of carbonyl (C=O) groups is 1. The van der Waals surface area contributed by atoms with E-state index in [-0.39, 0.29) is 24.4 Å². The highest BCUT2D eigenvalue weighted by Gasteiger charge is 2.11. The SMILES string of the molecule is CCOC(=O)n1cc(OCc2ccccc2)c(=O)cc1C. The van der Waals surface area contributed by atoms with E-state index >= 15 is 0 Å². The topological polar surface area (TPSA) is 57.5 Å². The predicted octanol–water partition coefficient (Wildman–Crippen LogP) is 2.74. The van der Waals surface area contributed by atoms with E-state index in [4.69, 9.17) is 9.47 Å². The fourth-order valence-corrected chi connectivity index (χ4v) is 1.85. The van der Waals surface area contributed by atoms with E-state index in [1.54, 1.807) is 13.8 Å². The fraction of sp³-hybridized carbons (Fsp3) is 0.250. The molecule has 0 saturated carbocycles. The molecule has 0 saturated heterocycles. The van der Waals surface area contributed by atoms with Gasteiger partial charge in [0.1, 0.15) is 6.61 Å². The third-order valence-corrected chi connectivity index (χ3v) is 2.91. The third-order valence-electron chi connectivity index (χ3n) is 2.91. The minimum Gasteiger partial charge on any atom is -0.483 e. The molecule has 0 aliphatic carbocycles. The second kappa shape index (κ2) is 6.74. The lowest BCUT2D eigenvalue weighted by atomic mass is 10.2. The number of ether oxygens (including phenoxy) is 2. The predicted molar refractivity (Wildman–Crippen MR) is 78.6 cm³/mol. The van der Waals surface area contributed by atoms with Gasteiger partial charge in [-0.3, -0.25) is 9.36 Å². The summed E-state index contributed by atoms with van der Waals surface area (Å²) in [7, 11) is 0. The maximum atomic E-state index is 11.9. The molecule has 2 rings (SSSR count). The van der Waals surface area contributed by atoms with Crippen molar-refractivity contribution in [2.45, 2.75) is 20.5 Å². The molecule has 0 fully saturated rings. The number of rotatable bonds is 4. The Kier molecular flexibility index (Phi) is 4.77. The molecule has 0 N–H and O–H groups in total. The summed E-state index contributed by atoms with van der Waals surface area (Å²) in [5, 5.41) is 0. The first-order valence-electron chi connectivity index (χ1n) is 6.69. The maximum Gasteiger partial charge on any atom is 0.418 e. The van der Waals surface area contributed by atoms with Crippen molar-refractivity contribution in [3.63, 3.8) is 0 Å². The summed E-state index contributed by atoms with van der Waals surface area (Å²) in [6, 6.07) is 10.9. The molecule has 1 aromatic carbocycles. The van der Waals surface area contributed by atoms with Crippen LogP contribution in [0.4, 0.5) is 4.79 Å². The number of aromatic nitrogens is 1. The molecule has 0 atom stereocenters. The van der Waals surface area contributed by atoms with Gasteiger partial charge in [0.25, 0.3) is 0 Å². The van der Waals surface area contributed by atoms with E-state index in [0.29, 0.717) is 5.69 Å². The molecule has 2 aromatic rings. The van der Waals surface area contributed by atoms with Crippen molar-refractivity contribution in [3.05, 3.63) is 64.1 Å². The Bertz CT molecular complexity index is 676. The molecule has 0 amide bonds. The minimum atomic E-state index is -0.528. The van der Waals surface area contributed by atoms with Gasteiger partial charge in [-0.05, 0) is 19.4 Å². The van der Waals surface area contributed by atoms with E-state index < -0.39 is 6.09 Å². The highest BCUT2D eigenvalue weighted by molar-refractivity contribution is 5.71. The molecular formula is C16H17NO4. The lowest BCUT2D eigenvalue weighted by Crippen LogP contribution is -2.20. The Balaban J connectivity index is 2.21. The summed E-state index contributed by atoms with van der Waals surface area (Å²) in [5.41, 5.74) is 1.19.